The molecule has 2 aliphatic rings. The summed E-state index contributed by atoms with van der Waals surface area (Å²) in [5.41, 5.74) is 8.85. The Morgan fingerprint density at radius 3 is 2.85 bits per heavy atom. The number of halogens is 1. The van der Waals surface area contributed by atoms with Crippen molar-refractivity contribution >= 4 is 11.6 Å². The summed E-state index contributed by atoms with van der Waals surface area (Å²) in [6, 6.07) is 5.80. The second kappa shape index (κ2) is 5.42. The monoisotopic (exact) mass is 291 g/mol. The number of hydrogen-bond acceptors (Lipinski definition) is 2. The lowest BCUT2D eigenvalue weighted by atomic mass is 9.78. The first-order valence-electron chi connectivity index (χ1n) is 7.42. The van der Waals surface area contributed by atoms with Crippen LogP contribution < -0.4 is 10.5 Å². The van der Waals surface area contributed by atoms with E-state index < -0.39 is 0 Å². The molecule has 1 heterocycles. The maximum atomic E-state index is 6.33. The molecule has 0 radical (unpaired) electrons. The molecule has 3 unspecified atom stereocenters. The van der Waals surface area contributed by atoms with Crippen LogP contribution in [-0.4, -0.2) is 6.10 Å². The number of rotatable bonds is 1. The van der Waals surface area contributed by atoms with Gasteiger partial charge in [0.1, 0.15) is 11.9 Å². The van der Waals surface area contributed by atoms with E-state index in [2.05, 4.69) is 19.9 Å². The summed E-state index contributed by atoms with van der Waals surface area (Å²) in [5.74, 6) is 2.13. The Morgan fingerprint density at radius 2 is 2.10 bits per heavy atom. The van der Waals surface area contributed by atoms with E-state index in [0.717, 1.165) is 29.2 Å². The Bertz CT molecular complexity index is 540. The summed E-state index contributed by atoms with van der Waals surface area (Å²) in [7, 11) is 0. The largest absolute Gasteiger partial charge is 0.490 e. The standard InChI is InChI=1S/C17H22ClNO/c1-10-5-11(2)7-12(6-10)17-9-15(19)14-8-13(18)3-4-16(14)20-17/h3-5,8,10,12,15,17H,6-7,9,19H2,1-2H3/t10?,12?,15-,17?/m0/s1. The Balaban J connectivity index is 1.81. The van der Waals surface area contributed by atoms with Crippen molar-refractivity contribution < 1.29 is 4.74 Å². The molecule has 3 rings (SSSR count). The molecule has 1 aliphatic heterocycles. The SMILES string of the molecule is CC1=CC(C)CC(C2C[C@H](N)c3cc(Cl)ccc3O2)C1. The van der Waals surface area contributed by atoms with Gasteiger partial charge in [-0.1, -0.05) is 30.2 Å². The molecule has 108 valence electrons. The molecule has 0 amide bonds. The fourth-order valence-corrected chi connectivity index (χ4v) is 3.85. The van der Waals surface area contributed by atoms with Gasteiger partial charge in [-0.05, 0) is 43.9 Å². The highest BCUT2D eigenvalue weighted by atomic mass is 35.5. The van der Waals surface area contributed by atoms with Crippen LogP contribution in [0.3, 0.4) is 0 Å². The van der Waals surface area contributed by atoms with Gasteiger partial charge in [-0.15, -0.1) is 0 Å². The molecule has 0 saturated heterocycles. The van der Waals surface area contributed by atoms with E-state index in [4.69, 9.17) is 22.1 Å². The normalized spacial score (nSPS) is 33.1. The quantitative estimate of drug-likeness (QED) is 0.774. The zero-order valence-electron chi connectivity index (χ0n) is 12.1. The first-order chi connectivity index (χ1) is 9.52. The van der Waals surface area contributed by atoms with Crippen LogP contribution in [0, 0.1) is 11.8 Å². The lowest BCUT2D eigenvalue weighted by Gasteiger charge is -2.38. The highest BCUT2D eigenvalue weighted by molar-refractivity contribution is 6.30. The molecule has 2 N–H and O–H groups in total. The molecule has 2 nitrogen and oxygen atoms in total. The molecule has 0 saturated carbocycles. The molecule has 0 aromatic heterocycles. The highest BCUT2D eigenvalue weighted by Gasteiger charge is 2.33. The highest BCUT2D eigenvalue weighted by Crippen LogP contribution is 2.41. The molecule has 1 aromatic carbocycles. The summed E-state index contributed by atoms with van der Waals surface area (Å²) < 4.78 is 6.23. The third-order valence-electron chi connectivity index (χ3n) is 4.49. The first-order valence-corrected chi connectivity index (χ1v) is 7.79. The van der Waals surface area contributed by atoms with Crippen molar-refractivity contribution in [2.24, 2.45) is 17.6 Å². The first kappa shape index (κ1) is 14.0. The number of benzene rings is 1. The Kier molecular flexibility index (Phi) is 3.78. The molecule has 20 heavy (non-hydrogen) atoms. The van der Waals surface area contributed by atoms with Crippen LogP contribution in [0.1, 0.15) is 44.7 Å². The second-order valence-corrected chi connectivity index (χ2v) is 6.81. The van der Waals surface area contributed by atoms with Crippen LogP contribution in [0.15, 0.2) is 29.8 Å². The van der Waals surface area contributed by atoms with Gasteiger partial charge < -0.3 is 10.5 Å². The van der Waals surface area contributed by atoms with E-state index in [1.165, 1.54) is 12.0 Å². The molecule has 4 atom stereocenters. The molecule has 0 spiro atoms. The van der Waals surface area contributed by atoms with Crippen LogP contribution >= 0.6 is 11.6 Å². The van der Waals surface area contributed by atoms with Crippen LogP contribution in [0.5, 0.6) is 5.75 Å². The van der Waals surface area contributed by atoms with Gasteiger partial charge in [0.25, 0.3) is 0 Å². The predicted molar refractivity (Wildman–Crippen MR) is 83.1 cm³/mol. The van der Waals surface area contributed by atoms with Gasteiger partial charge in [0.05, 0.1) is 0 Å². The molecule has 0 fully saturated rings. The van der Waals surface area contributed by atoms with Crippen molar-refractivity contribution in [2.45, 2.75) is 45.3 Å². The maximum Gasteiger partial charge on any atom is 0.124 e. The van der Waals surface area contributed by atoms with Gasteiger partial charge in [-0.3, -0.25) is 0 Å². The van der Waals surface area contributed by atoms with Crippen molar-refractivity contribution in [2.75, 3.05) is 0 Å². The van der Waals surface area contributed by atoms with Gasteiger partial charge in [0.2, 0.25) is 0 Å². The Morgan fingerprint density at radius 1 is 1.30 bits per heavy atom. The van der Waals surface area contributed by atoms with Crippen LogP contribution in [0.25, 0.3) is 0 Å². The fraction of sp³-hybridized carbons (Fsp3) is 0.529. The zero-order chi connectivity index (χ0) is 14.3. The van der Waals surface area contributed by atoms with Crippen molar-refractivity contribution in [3.63, 3.8) is 0 Å². The van der Waals surface area contributed by atoms with Gasteiger partial charge in [0.15, 0.2) is 0 Å². The van der Waals surface area contributed by atoms with Crippen LogP contribution in [0.4, 0.5) is 0 Å². The van der Waals surface area contributed by atoms with E-state index in [0.29, 0.717) is 11.8 Å². The number of fused-ring (bicyclic) bond motifs is 1. The third-order valence-corrected chi connectivity index (χ3v) is 4.72. The predicted octanol–water partition coefficient (Wildman–Crippen LogP) is 4.48. The van der Waals surface area contributed by atoms with Crippen molar-refractivity contribution in [3.05, 3.63) is 40.4 Å². The molecule has 1 aliphatic carbocycles. The van der Waals surface area contributed by atoms with E-state index >= 15 is 0 Å². The number of hydrogen-bond donors (Lipinski definition) is 1. The second-order valence-electron chi connectivity index (χ2n) is 6.37. The lowest BCUT2D eigenvalue weighted by molar-refractivity contribution is 0.0858. The molecular weight excluding hydrogens is 270 g/mol. The summed E-state index contributed by atoms with van der Waals surface area (Å²) in [6.45, 7) is 4.51. The third kappa shape index (κ3) is 2.72. The van der Waals surface area contributed by atoms with E-state index in [1.807, 2.05) is 18.2 Å². The zero-order valence-corrected chi connectivity index (χ0v) is 12.9. The van der Waals surface area contributed by atoms with Crippen molar-refractivity contribution in [1.82, 2.24) is 0 Å². The average molecular weight is 292 g/mol. The van der Waals surface area contributed by atoms with Gasteiger partial charge in [0, 0.05) is 29.0 Å². The summed E-state index contributed by atoms with van der Waals surface area (Å²) >= 11 is 6.05. The van der Waals surface area contributed by atoms with E-state index in [1.54, 1.807) is 0 Å². The minimum Gasteiger partial charge on any atom is -0.490 e. The van der Waals surface area contributed by atoms with Crippen molar-refractivity contribution in [1.29, 1.82) is 0 Å². The van der Waals surface area contributed by atoms with Gasteiger partial charge in [-0.25, -0.2) is 0 Å². The Hall–Kier alpha value is -0.990. The minimum atomic E-state index is 0.0315. The summed E-state index contributed by atoms with van der Waals surface area (Å²) in [5, 5.41) is 0.728. The van der Waals surface area contributed by atoms with Gasteiger partial charge >= 0.3 is 0 Å². The summed E-state index contributed by atoms with van der Waals surface area (Å²) in [6.07, 6.45) is 5.82. The molecule has 3 heteroatoms. The topological polar surface area (TPSA) is 35.2 Å². The number of nitrogens with two attached hydrogens (primary N) is 1. The smallest absolute Gasteiger partial charge is 0.124 e. The molecule has 1 aromatic rings. The minimum absolute atomic E-state index is 0.0315. The van der Waals surface area contributed by atoms with Gasteiger partial charge in [-0.2, -0.15) is 0 Å². The van der Waals surface area contributed by atoms with E-state index in [9.17, 15) is 0 Å². The molecule has 0 bridgehead atoms. The Labute approximate surface area is 126 Å². The van der Waals surface area contributed by atoms with Crippen LogP contribution in [0.2, 0.25) is 5.02 Å². The molecular formula is C17H22ClNO. The number of allylic oxidation sites excluding steroid dienone is 2. The van der Waals surface area contributed by atoms with Crippen LogP contribution in [-0.2, 0) is 0 Å². The number of ether oxygens (including phenoxy) is 1. The average Bonchev–Trinajstić information content (AvgIpc) is 2.38. The fourth-order valence-electron chi connectivity index (χ4n) is 3.67. The van der Waals surface area contributed by atoms with Crippen molar-refractivity contribution in [3.8, 4) is 5.75 Å². The van der Waals surface area contributed by atoms with E-state index in [-0.39, 0.29) is 12.1 Å². The summed E-state index contributed by atoms with van der Waals surface area (Å²) in [4.78, 5) is 0. The lowest BCUT2D eigenvalue weighted by Crippen LogP contribution is -2.37. The maximum absolute atomic E-state index is 6.33.